The number of hydrogen-bond acceptors (Lipinski definition) is 6. The molecule has 0 spiro atoms. The molecule has 0 aliphatic rings. The molecule has 112 valence electrons. The molecule has 3 N–H and O–H groups in total. The van der Waals surface area contributed by atoms with Gasteiger partial charge < -0.3 is 11.1 Å². The number of hydrogen-bond donors (Lipinski definition) is 2. The van der Waals surface area contributed by atoms with Crippen LogP contribution >= 0.6 is 34.9 Å². The molecule has 8 heteroatoms. The molecule has 2 rings (SSSR count). The summed E-state index contributed by atoms with van der Waals surface area (Å²) >= 11 is 8.84. The van der Waals surface area contributed by atoms with Gasteiger partial charge in [0, 0.05) is 17.9 Å². The summed E-state index contributed by atoms with van der Waals surface area (Å²) in [5.41, 5.74) is 6.80. The maximum absolute atomic E-state index is 11.8. The second-order valence-electron chi connectivity index (χ2n) is 4.34. The fraction of sp³-hybridized carbons (Fsp3) is 0.308. The molecule has 0 fully saturated rings. The highest BCUT2D eigenvalue weighted by Gasteiger charge is 2.05. The van der Waals surface area contributed by atoms with Crippen LogP contribution in [0.3, 0.4) is 0 Å². The van der Waals surface area contributed by atoms with E-state index in [1.54, 1.807) is 30.0 Å². The number of amides is 1. The first kappa shape index (κ1) is 16.1. The van der Waals surface area contributed by atoms with Crippen LogP contribution in [0, 0.1) is 6.92 Å². The molecule has 0 unspecified atom stereocenters. The Morgan fingerprint density at radius 1 is 1.52 bits per heavy atom. The Kier molecular flexibility index (Phi) is 5.84. The standard InChI is InChI=1S/C13H15ClN4OS2/c1-8-16-13(21-18-8)20-6-2-3-12(19)17-9-4-5-10(14)11(15)7-9/h4-5,7H,2-3,6,15H2,1H3,(H,17,19). The number of nitrogen functional groups attached to an aromatic ring is 1. The van der Waals surface area contributed by atoms with Crippen molar-refractivity contribution in [2.24, 2.45) is 0 Å². The molecule has 0 saturated heterocycles. The van der Waals surface area contributed by atoms with Crippen LogP contribution in [0.1, 0.15) is 18.7 Å². The minimum Gasteiger partial charge on any atom is -0.397 e. The molecule has 1 aromatic heterocycles. The maximum atomic E-state index is 11.8. The molecule has 0 atom stereocenters. The van der Waals surface area contributed by atoms with Crippen LogP contribution in [0.5, 0.6) is 0 Å². The maximum Gasteiger partial charge on any atom is 0.224 e. The molecular formula is C13H15ClN4OS2. The Morgan fingerprint density at radius 2 is 2.33 bits per heavy atom. The molecule has 1 aromatic carbocycles. The van der Waals surface area contributed by atoms with Crippen molar-refractivity contribution in [2.75, 3.05) is 16.8 Å². The van der Waals surface area contributed by atoms with Gasteiger partial charge in [-0.05, 0) is 43.1 Å². The van der Waals surface area contributed by atoms with E-state index in [1.807, 2.05) is 6.92 Å². The van der Waals surface area contributed by atoms with Crippen molar-refractivity contribution in [3.63, 3.8) is 0 Å². The van der Waals surface area contributed by atoms with Crippen LogP contribution in [-0.4, -0.2) is 21.0 Å². The van der Waals surface area contributed by atoms with Gasteiger partial charge in [0.2, 0.25) is 5.91 Å². The van der Waals surface area contributed by atoms with Crippen molar-refractivity contribution >= 4 is 52.2 Å². The van der Waals surface area contributed by atoms with Crippen molar-refractivity contribution in [1.82, 2.24) is 9.36 Å². The van der Waals surface area contributed by atoms with Crippen molar-refractivity contribution in [3.8, 4) is 0 Å². The fourth-order valence-corrected chi connectivity index (χ4v) is 3.35. The number of nitrogens with two attached hydrogens (primary N) is 1. The Bertz CT molecular complexity index is 632. The van der Waals surface area contributed by atoms with Gasteiger partial charge in [-0.15, -0.1) is 0 Å². The molecule has 21 heavy (non-hydrogen) atoms. The lowest BCUT2D eigenvalue weighted by Crippen LogP contribution is -2.11. The lowest BCUT2D eigenvalue weighted by molar-refractivity contribution is -0.116. The van der Waals surface area contributed by atoms with Crippen molar-refractivity contribution in [2.45, 2.75) is 24.1 Å². The van der Waals surface area contributed by atoms with Crippen LogP contribution in [0.25, 0.3) is 0 Å². The van der Waals surface area contributed by atoms with Gasteiger partial charge in [0.1, 0.15) is 5.82 Å². The van der Waals surface area contributed by atoms with Gasteiger partial charge in [0.05, 0.1) is 10.7 Å². The fourth-order valence-electron chi connectivity index (χ4n) is 1.57. The van der Waals surface area contributed by atoms with Gasteiger partial charge in [-0.2, -0.15) is 4.37 Å². The highest BCUT2D eigenvalue weighted by molar-refractivity contribution is 8.00. The third-order valence-corrected chi connectivity index (χ3v) is 4.92. The van der Waals surface area contributed by atoms with Crippen LogP contribution in [0.4, 0.5) is 11.4 Å². The normalized spacial score (nSPS) is 10.6. The van der Waals surface area contributed by atoms with E-state index in [4.69, 9.17) is 17.3 Å². The second kappa shape index (κ2) is 7.63. The zero-order valence-corrected chi connectivity index (χ0v) is 13.8. The van der Waals surface area contributed by atoms with E-state index in [0.29, 0.717) is 22.8 Å². The number of thioether (sulfide) groups is 1. The number of halogens is 1. The van der Waals surface area contributed by atoms with Crippen LogP contribution in [0.2, 0.25) is 5.02 Å². The van der Waals surface area contributed by atoms with E-state index < -0.39 is 0 Å². The van der Waals surface area contributed by atoms with Gasteiger partial charge in [0.25, 0.3) is 0 Å². The van der Waals surface area contributed by atoms with Gasteiger partial charge in [0.15, 0.2) is 4.34 Å². The van der Waals surface area contributed by atoms with Crippen molar-refractivity contribution in [3.05, 3.63) is 29.0 Å². The van der Waals surface area contributed by atoms with Crippen LogP contribution in [0.15, 0.2) is 22.5 Å². The number of carbonyl (C=O) groups is 1. The number of benzene rings is 1. The van der Waals surface area contributed by atoms with Crippen LogP contribution < -0.4 is 11.1 Å². The molecular weight excluding hydrogens is 328 g/mol. The molecule has 0 radical (unpaired) electrons. The molecule has 1 amide bonds. The quantitative estimate of drug-likeness (QED) is 0.476. The van der Waals surface area contributed by atoms with E-state index in [-0.39, 0.29) is 5.91 Å². The van der Waals surface area contributed by atoms with E-state index in [9.17, 15) is 4.79 Å². The summed E-state index contributed by atoms with van der Waals surface area (Å²) in [6.45, 7) is 1.87. The highest BCUT2D eigenvalue weighted by atomic mass is 35.5. The Labute approximate surface area is 136 Å². The molecule has 0 aliphatic carbocycles. The highest BCUT2D eigenvalue weighted by Crippen LogP contribution is 2.23. The number of rotatable bonds is 6. The molecule has 0 bridgehead atoms. The topological polar surface area (TPSA) is 80.9 Å². The minimum absolute atomic E-state index is 0.0363. The Balaban J connectivity index is 1.71. The first-order chi connectivity index (χ1) is 10.0. The Morgan fingerprint density at radius 3 is 3.00 bits per heavy atom. The van der Waals surface area contributed by atoms with Crippen molar-refractivity contribution in [1.29, 1.82) is 0 Å². The first-order valence-corrected chi connectivity index (χ1v) is 8.46. The monoisotopic (exact) mass is 342 g/mol. The van der Waals surface area contributed by atoms with Crippen molar-refractivity contribution < 1.29 is 4.79 Å². The summed E-state index contributed by atoms with van der Waals surface area (Å²) in [4.78, 5) is 16.1. The largest absolute Gasteiger partial charge is 0.397 e. The summed E-state index contributed by atoms with van der Waals surface area (Å²) in [6, 6.07) is 5.05. The van der Waals surface area contributed by atoms with Gasteiger partial charge in [-0.1, -0.05) is 23.4 Å². The van der Waals surface area contributed by atoms with E-state index in [1.165, 1.54) is 11.5 Å². The summed E-state index contributed by atoms with van der Waals surface area (Å²) in [5, 5.41) is 3.28. The third-order valence-electron chi connectivity index (χ3n) is 2.56. The average molecular weight is 343 g/mol. The number of aryl methyl sites for hydroxylation is 1. The molecule has 1 heterocycles. The van der Waals surface area contributed by atoms with E-state index in [0.717, 1.165) is 22.3 Å². The van der Waals surface area contributed by atoms with Gasteiger partial charge in [-0.3, -0.25) is 4.79 Å². The SMILES string of the molecule is Cc1nsc(SCCCC(=O)Nc2ccc(Cl)c(N)c2)n1. The molecule has 0 saturated carbocycles. The predicted molar refractivity (Wildman–Crippen MR) is 89.1 cm³/mol. The summed E-state index contributed by atoms with van der Waals surface area (Å²) in [6.07, 6.45) is 1.23. The molecule has 5 nitrogen and oxygen atoms in total. The number of aromatic nitrogens is 2. The average Bonchev–Trinajstić information content (AvgIpc) is 2.85. The summed E-state index contributed by atoms with van der Waals surface area (Å²) in [5.74, 6) is 1.59. The Hall–Kier alpha value is -1.31. The predicted octanol–water partition coefficient (Wildman–Crippen LogP) is 3.59. The van der Waals surface area contributed by atoms with Gasteiger partial charge >= 0.3 is 0 Å². The number of nitrogens with zero attached hydrogens (tertiary/aromatic N) is 2. The zero-order chi connectivity index (χ0) is 15.2. The van der Waals surface area contributed by atoms with Crippen LogP contribution in [-0.2, 0) is 4.79 Å². The molecule has 0 aliphatic heterocycles. The summed E-state index contributed by atoms with van der Waals surface area (Å²) < 4.78 is 5.05. The summed E-state index contributed by atoms with van der Waals surface area (Å²) in [7, 11) is 0. The lowest BCUT2D eigenvalue weighted by atomic mass is 10.2. The molecule has 2 aromatic rings. The third kappa shape index (κ3) is 5.18. The second-order valence-corrected chi connectivity index (χ2v) is 6.85. The number of anilines is 2. The lowest BCUT2D eigenvalue weighted by Gasteiger charge is -2.06. The number of carbonyl (C=O) groups excluding carboxylic acids is 1. The van der Waals surface area contributed by atoms with E-state index in [2.05, 4.69) is 14.7 Å². The smallest absolute Gasteiger partial charge is 0.224 e. The van der Waals surface area contributed by atoms with Gasteiger partial charge in [-0.25, -0.2) is 4.98 Å². The zero-order valence-electron chi connectivity index (χ0n) is 11.4. The minimum atomic E-state index is -0.0363. The first-order valence-electron chi connectivity index (χ1n) is 6.32. The van der Waals surface area contributed by atoms with E-state index >= 15 is 0 Å². The number of nitrogens with one attached hydrogen (secondary N) is 1.